The maximum Gasteiger partial charge on any atom is 0.339 e. The van der Waals surface area contributed by atoms with Gasteiger partial charge in [0.05, 0.1) is 5.56 Å². The second kappa shape index (κ2) is 5.36. The third-order valence-electron chi connectivity index (χ3n) is 4.08. The van der Waals surface area contributed by atoms with Crippen LogP contribution in [0.3, 0.4) is 0 Å². The Balaban J connectivity index is 1.71. The number of carbonyl (C=O) groups is 1. The molecule has 23 heavy (non-hydrogen) atoms. The smallest absolute Gasteiger partial charge is 0.339 e. The van der Waals surface area contributed by atoms with E-state index in [4.69, 9.17) is 4.74 Å². The number of hydrogen-bond donors (Lipinski definition) is 0. The summed E-state index contributed by atoms with van der Waals surface area (Å²) in [5, 5.41) is 0. The van der Waals surface area contributed by atoms with Crippen molar-refractivity contribution in [1.29, 1.82) is 0 Å². The van der Waals surface area contributed by atoms with Crippen molar-refractivity contribution >= 4 is 5.97 Å². The van der Waals surface area contributed by atoms with Gasteiger partial charge in [-0.3, -0.25) is 0 Å². The molecule has 0 aliphatic heterocycles. The quantitative estimate of drug-likeness (QED) is 0.638. The number of rotatable bonds is 2. The van der Waals surface area contributed by atoms with Gasteiger partial charge in [0.15, 0.2) is 6.10 Å². The van der Waals surface area contributed by atoms with E-state index in [0.717, 1.165) is 22.3 Å². The molecule has 0 fully saturated rings. The van der Waals surface area contributed by atoms with Crippen molar-refractivity contribution in [2.45, 2.75) is 6.10 Å². The van der Waals surface area contributed by atoms with Crippen LogP contribution in [-0.2, 0) is 4.74 Å². The van der Waals surface area contributed by atoms with E-state index in [2.05, 4.69) is 0 Å². The van der Waals surface area contributed by atoms with Gasteiger partial charge in [-0.2, -0.15) is 0 Å². The lowest BCUT2D eigenvalue weighted by molar-refractivity contribution is 0.0385. The van der Waals surface area contributed by atoms with Crippen LogP contribution in [0.15, 0.2) is 72.8 Å². The standard InChI is InChI=1S/C20H13FO2/c21-14-11-9-13(10-12-14)20(22)23-19-17-7-3-1-5-15(17)16-6-2-4-8-18(16)19/h1-12,19H. The molecule has 0 amide bonds. The van der Waals surface area contributed by atoms with E-state index in [-0.39, 0.29) is 5.82 Å². The molecule has 0 saturated carbocycles. The van der Waals surface area contributed by atoms with Crippen LogP contribution >= 0.6 is 0 Å². The van der Waals surface area contributed by atoms with E-state index in [1.165, 1.54) is 24.3 Å². The Bertz CT molecular complexity index is 839. The van der Waals surface area contributed by atoms with Crippen LogP contribution in [-0.4, -0.2) is 5.97 Å². The van der Waals surface area contributed by atoms with Crippen molar-refractivity contribution in [2.24, 2.45) is 0 Å². The number of ether oxygens (including phenoxy) is 1. The average Bonchev–Trinajstić information content (AvgIpc) is 2.90. The molecule has 0 N–H and O–H groups in total. The summed E-state index contributed by atoms with van der Waals surface area (Å²) in [5.74, 6) is -0.834. The fraction of sp³-hybridized carbons (Fsp3) is 0.0500. The minimum absolute atomic E-state index is 0.341. The van der Waals surface area contributed by atoms with Crippen LogP contribution < -0.4 is 0 Å². The Hall–Kier alpha value is -2.94. The van der Waals surface area contributed by atoms with E-state index >= 15 is 0 Å². The van der Waals surface area contributed by atoms with Gasteiger partial charge < -0.3 is 4.74 Å². The lowest BCUT2D eigenvalue weighted by Gasteiger charge is -2.15. The molecule has 0 unspecified atom stereocenters. The first kappa shape index (κ1) is 13.7. The normalized spacial score (nSPS) is 12.6. The monoisotopic (exact) mass is 304 g/mol. The molecule has 1 aliphatic carbocycles. The van der Waals surface area contributed by atoms with Gasteiger partial charge in [0.25, 0.3) is 0 Å². The van der Waals surface area contributed by atoms with Crippen LogP contribution in [0.4, 0.5) is 4.39 Å². The molecule has 0 radical (unpaired) electrons. The van der Waals surface area contributed by atoms with Crippen LogP contribution in [0.1, 0.15) is 27.6 Å². The number of hydrogen-bond acceptors (Lipinski definition) is 2. The number of halogens is 1. The number of fused-ring (bicyclic) bond motifs is 3. The lowest BCUT2D eigenvalue weighted by Crippen LogP contribution is -2.11. The van der Waals surface area contributed by atoms with E-state index in [0.29, 0.717) is 5.56 Å². The molecule has 0 bridgehead atoms. The fourth-order valence-corrected chi connectivity index (χ4v) is 3.00. The highest BCUT2D eigenvalue weighted by atomic mass is 19.1. The van der Waals surface area contributed by atoms with Crippen LogP contribution in [0, 0.1) is 5.82 Å². The van der Waals surface area contributed by atoms with Gasteiger partial charge in [-0.25, -0.2) is 9.18 Å². The largest absolute Gasteiger partial charge is 0.449 e. The Morgan fingerprint density at radius 3 is 1.87 bits per heavy atom. The summed E-state index contributed by atoms with van der Waals surface area (Å²) in [7, 11) is 0. The van der Waals surface area contributed by atoms with Crippen molar-refractivity contribution in [2.75, 3.05) is 0 Å². The predicted octanol–water partition coefficient (Wildman–Crippen LogP) is 4.75. The first-order valence-corrected chi connectivity index (χ1v) is 7.39. The number of carbonyl (C=O) groups excluding carboxylic acids is 1. The minimum atomic E-state index is -0.457. The Labute approximate surface area is 133 Å². The SMILES string of the molecule is O=C(OC1c2ccccc2-c2ccccc21)c1ccc(F)cc1. The number of esters is 1. The molecule has 3 heteroatoms. The van der Waals surface area contributed by atoms with Crippen molar-refractivity contribution in [3.8, 4) is 11.1 Å². The first-order valence-electron chi connectivity index (χ1n) is 7.39. The third kappa shape index (κ3) is 2.30. The van der Waals surface area contributed by atoms with Gasteiger partial charge in [0.2, 0.25) is 0 Å². The fourth-order valence-electron chi connectivity index (χ4n) is 3.00. The Morgan fingerprint density at radius 1 is 0.783 bits per heavy atom. The molecule has 112 valence electrons. The van der Waals surface area contributed by atoms with Gasteiger partial charge >= 0.3 is 5.97 Å². The summed E-state index contributed by atoms with van der Waals surface area (Å²) in [6.45, 7) is 0. The minimum Gasteiger partial charge on any atom is -0.449 e. The molecule has 2 nitrogen and oxygen atoms in total. The molecule has 3 aromatic carbocycles. The molecule has 0 heterocycles. The maximum absolute atomic E-state index is 13.0. The van der Waals surface area contributed by atoms with E-state index < -0.39 is 12.1 Å². The topological polar surface area (TPSA) is 26.3 Å². The van der Waals surface area contributed by atoms with Crippen molar-refractivity contribution in [1.82, 2.24) is 0 Å². The lowest BCUT2D eigenvalue weighted by atomic mass is 10.1. The third-order valence-corrected chi connectivity index (χ3v) is 4.08. The van der Waals surface area contributed by atoms with E-state index in [9.17, 15) is 9.18 Å². The first-order chi connectivity index (χ1) is 11.2. The van der Waals surface area contributed by atoms with E-state index in [1.54, 1.807) is 0 Å². The van der Waals surface area contributed by atoms with Crippen LogP contribution in [0.2, 0.25) is 0 Å². The van der Waals surface area contributed by atoms with Gasteiger partial charge in [0.1, 0.15) is 5.82 Å². The molecular weight excluding hydrogens is 291 g/mol. The molecule has 3 aromatic rings. The second-order valence-electron chi connectivity index (χ2n) is 5.47. The summed E-state index contributed by atoms with van der Waals surface area (Å²) < 4.78 is 18.7. The molecule has 0 aromatic heterocycles. The van der Waals surface area contributed by atoms with Crippen LogP contribution in [0.25, 0.3) is 11.1 Å². The number of benzene rings is 3. The van der Waals surface area contributed by atoms with Gasteiger partial charge in [-0.1, -0.05) is 48.5 Å². The molecule has 4 rings (SSSR count). The van der Waals surface area contributed by atoms with Crippen LogP contribution in [0.5, 0.6) is 0 Å². The molecule has 1 aliphatic rings. The van der Waals surface area contributed by atoms with Gasteiger partial charge in [-0.15, -0.1) is 0 Å². The van der Waals surface area contributed by atoms with Gasteiger partial charge in [0, 0.05) is 11.1 Å². The molecule has 0 saturated heterocycles. The zero-order valence-electron chi connectivity index (χ0n) is 12.2. The average molecular weight is 304 g/mol. The predicted molar refractivity (Wildman–Crippen MR) is 85.5 cm³/mol. The summed E-state index contributed by atoms with van der Waals surface area (Å²) in [6, 6.07) is 21.2. The highest BCUT2D eigenvalue weighted by Crippen LogP contribution is 2.45. The Morgan fingerprint density at radius 2 is 1.30 bits per heavy atom. The second-order valence-corrected chi connectivity index (χ2v) is 5.47. The van der Waals surface area contributed by atoms with E-state index in [1.807, 2.05) is 48.5 Å². The summed E-state index contributed by atoms with van der Waals surface area (Å²) in [6.07, 6.45) is -0.431. The summed E-state index contributed by atoms with van der Waals surface area (Å²) in [4.78, 5) is 12.4. The van der Waals surface area contributed by atoms with Crippen molar-refractivity contribution in [3.05, 3.63) is 95.3 Å². The molecular formula is C20H13FO2. The highest BCUT2D eigenvalue weighted by Gasteiger charge is 2.31. The van der Waals surface area contributed by atoms with Crippen molar-refractivity contribution in [3.63, 3.8) is 0 Å². The molecule has 0 atom stereocenters. The van der Waals surface area contributed by atoms with Gasteiger partial charge in [-0.05, 0) is 35.4 Å². The summed E-state index contributed by atoms with van der Waals surface area (Å²) in [5.41, 5.74) is 4.46. The zero-order chi connectivity index (χ0) is 15.8. The zero-order valence-corrected chi connectivity index (χ0v) is 12.2. The Kier molecular flexibility index (Phi) is 3.19. The highest BCUT2D eigenvalue weighted by molar-refractivity contribution is 5.90. The maximum atomic E-state index is 13.0. The molecule has 0 spiro atoms. The summed E-state index contributed by atoms with van der Waals surface area (Å²) >= 11 is 0. The van der Waals surface area contributed by atoms with Crippen molar-refractivity contribution < 1.29 is 13.9 Å².